The summed E-state index contributed by atoms with van der Waals surface area (Å²) in [6, 6.07) is 8.72. The van der Waals surface area contributed by atoms with E-state index in [4.69, 9.17) is 4.74 Å². The third-order valence-electron chi connectivity index (χ3n) is 4.31. The number of thioether (sulfide) groups is 1. The summed E-state index contributed by atoms with van der Waals surface area (Å²) in [5.74, 6) is 0. The highest BCUT2D eigenvalue weighted by molar-refractivity contribution is 8.00. The molecule has 0 atom stereocenters. The van der Waals surface area contributed by atoms with E-state index < -0.39 is 0 Å². The van der Waals surface area contributed by atoms with E-state index in [-0.39, 0.29) is 0 Å². The van der Waals surface area contributed by atoms with E-state index >= 15 is 0 Å². The van der Waals surface area contributed by atoms with Crippen LogP contribution < -0.4 is 5.32 Å². The van der Waals surface area contributed by atoms with Crippen molar-refractivity contribution in [3.63, 3.8) is 0 Å². The van der Waals surface area contributed by atoms with Crippen molar-refractivity contribution in [1.82, 2.24) is 5.32 Å². The Labute approximate surface area is 127 Å². The van der Waals surface area contributed by atoms with Crippen molar-refractivity contribution in [2.45, 2.75) is 50.0 Å². The fourth-order valence-electron chi connectivity index (χ4n) is 3.00. The van der Waals surface area contributed by atoms with Crippen LogP contribution in [0.5, 0.6) is 0 Å². The van der Waals surface area contributed by atoms with Gasteiger partial charge in [-0.3, -0.25) is 0 Å². The van der Waals surface area contributed by atoms with Crippen molar-refractivity contribution in [3.05, 3.63) is 35.4 Å². The first-order valence-corrected chi connectivity index (χ1v) is 8.83. The van der Waals surface area contributed by atoms with Crippen LogP contribution >= 0.6 is 11.8 Å². The monoisotopic (exact) mass is 293 g/mol. The van der Waals surface area contributed by atoms with E-state index in [0.29, 0.717) is 11.4 Å². The van der Waals surface area contributed by atoms with Crippen molar-refractivity contribution in [2.24, 2.45) is 0 Å². The van der Waals surface area contributed by atoms with Crippen LogP contribution in [0.4, 0.5) is 0 Å². The molecule has 20 heavy (non-hydrogen) atoms. The summed E-state index contributed by atoms with van der Waals surface area (Å²) in [4.78, 5) is 0. The number of hydrogen-bond acceptors (Lipinski definition) is 3. The van der Waals surface area contributed by atoms with Gasteiger partial charge < -0.3 is 10.1 Å². The van der Waals surface area contributed by atoms with Crippen molar-refractivity contribution >= 4 is 11.8 Å². The molecule has 0 aliphatic heterocycles. The number of ether oxygens (including phenoxy) is 1. The summed E-state index contributed by atoms with van der Waals surface area (Å²) < 4.78 is 5.62. The van der Waals surface area contributed by atoms with E-state index in [0.717, 1.165) is 13.1 Å². The standard InChI is InChI=1S/C17H27NOS/c1-19-13-16-8-6-15(7-9-16)12-18-14-17(20-2)10-4-3-5-11-17/h6-9,18H,3-5,10-14H2,1-2H3. The quantitative estimate of drug-likeness (QED) is 0.821. The first-order valence-electron chi connectivity index (χ1n) is 7.61. The molecule has 0 aromatic heterocycles. The number of benzene rings is 1. The van der Waals surface area contributed by atoms with Gasteiger partial charge in [-0.15, -0.1) is 0 Å². The van der Waals surface area contributed by atoms with Gasteiger partial charge >= 0.3 is 0 Å². The average Bonchev–Trinajstić information content (AvgIpc) is 2.50. The van der Waals surface area contributed by atoms with Gasteiger partial charge in [0.2, 0.25) is 0 Å². The molecule has 1 saturated carbocycles. The van der Waals surface area contributed by atoms with Gasteiger partial charge in [-0.2, -0.15) is 11.8 Å². The van der Waals surface area contributed by atoms with Crippen molar-refractivity contribution in [3.8, 4) is 0 Å². The molecule has 112 valence electrons. The Balaban J connectivity index is 1.79. The summed E-state index contributed by atoms with van der Waals surface area (Å²) >= 11 is 2.06. The summed E-state index contributed by atoms with van der Waals surface area (Å²) in [5.41, 5.74) is 2.60. The normalized spacial score (nSPS) is 18.1. The Hall–Kier alpha value is -0.510. The minimum Gasteiger partial charge on any atom is -0.380 e. The SMILES string of the molecule is COCc1ccc(CNCC2(SC)CCCCC2)cc1. The van der Waals surface area contributed by atoms with Crippen LogP contribution in [0.1, 0.15) is 43.2 Å². The van der Waals surface area contributed by atoms with Crippen molar-refractivity contribution in [2.75, 3.05) is 19.9 Å². The molecule has 0 amide bonds. The van der Waals surface area contributed by atoms with Gasteiger partial charge in [-0.1, -0.05) is 43.5 Å². The minimum atomic E-state index is 0.480. The van der Waals surface area contributed by atoms with Crippen LogP contribution in [-0.4, -0.2) is 24.7 Å². The van der Waals surface area contributed by atoms with Crippen LogP contribution in [0.2, 0.25) is 0 Å². The molecule has 0 spiro atoms. The van der Waals surface area contributed by atoms with Gasteiger partial charge in [-0.05, 0) is 30.2 Å². The van der Waals surface area contributed by atoms with E-state index in [2.05, 4.69) is 47.6 Å². The zero-order chi connectivity index (χ0) is 14.3. The molecule has 0 heterocycles. The molecule has 0 bridgehead atoms. The number of methoxy groups -OCH3 is 1. The van der Waals surface area contributed by atoms with E-state index in [9.17, 15) is 0 Å². The van der Waals surface area contributed by atoms with Crippen molar-refractivity contribution in [1.29, 1.82) is 0 Å². The van der Waals surface area contributed by atoms with Gasteiger partial charge in [0.25, 0.3) is 0 Å². The topological polar surface area (TPSA) is 21.3 Å². The highest BCUT2D eigenvalue weighted by Gasteiger charge is 2.30. The molecule has 1 aromatic rings. The second-order valence-corrected chi connectivity index (χ2v) is 7.08. The maximum absolute atomic E-state index is 5.14. The van der Waals surface area contributed by atoms with Crippen LogP contribution in [0, 0.1) is 0 Å². The smallest absolute Gasteiger partial charge is 0.0713 e. The first kappa shape index (κ1) is 15.9. The lowest BCUT2D eigenvalue weighted by atomic mass is 9.88. The van der Waals surface area contributed by atoms with Crippen molar-refractivity contribution < 1.29 is 4.74 Å². The minimum absolute atomic E-state index is 0.480. The molecular weight excluding hydrogens is 266 g/mol. The molecule has 1 aromatic carbocycles. The highest BCUT2D eigenvalue weighted by Crippen LogP contribution is 2.37. The molecule has 1 N–H and O–H groups in total. The lowest BCUT2D eigenvalue weighted by Gasteiger charge is -2.36. The average molecular weight is 293 g/mol. The second kappa shape index (κ2) is 8.06. The number of hydrogen-bond donors (Lipinski definition) is 1. The second-order valence-electron chi connectivity index (χ2n) is 5.80. The maximum atomic E-state index is 5.14. The molecule has 1 fully saturated rings. The summed E-state index contributed by atoms with van der Waals surface area (Å²) in [6.45, 7) is 2.80. The van der Waals surface area contributed by atoms with Crippen LogP contribution in [0.15, 0.2) is 24.3 Å². The Morgan fingerprint density at radius 3 is 2.35 bits per heavy atom. The summed E-state index contributed by atoms with van der Waals surface area (Å²) in [5, 5.41) is 3.66. The van der Waals surface area contributed by atoms with Gasteiger partial charge in [0.05, 0.1) is 6.61 Å². The molecule has 2 nitrogen and oxygen atoms in total. The largest absolute Gasteiger partial charge is 0.380 e. The first-order chi connectivity index (χ1) is 9.78. The predicted molar refractivity (Wildman–Crippen MR) is 88.2 cm³/mol. The fraction of sp³-hybridized carbons (Fsp3) is 0.647. The molecule has 3 heteroatoms. The Morgan fingerprint density at radius 1 is 1.10 bits per heavy atom. The highest BCUT2D eigenvalue weighted by atomic mass is 32.2. The predicted octanol–water partition coefficient (Wildman–Crippen LogP) is 3.99. The lowest BCUT2D eigenvalue weighted by molar-refractivity contribution is 0.185. The molecule has 2 rings (SSSR count). The summed E-state index contributed by atoms with van der Waals surface area (Å²) in [7, 11) is 1.74. The molecule has 0 unspecified atom stereocenters. The number of nitrogens with one attached hydrogen (secondary N) is 1. The summed E-state index contributed by atoms with van der Waals surface area (Å²) in [6.07, 6.45) is 9.22. The molecule has 0 saturated heterocycles. The van der Waals surface area contributed by atoms with Crippen LogP contribution in [-0.2, 0) is 17.9 Å². The Bertz CT molecular complexity index is 384. The van der Waals surface area contributed by atoms with Gasteiger partial charge in [0.15, 0.2) is 0 Å². The zero-order valence-corrected chi connectivity index (χ0v) is 13.6. The molecule has 0 radical (unpaired) electrons. The molecule has 1 aliphatic rings. The Kier molecular flexibility index (Phi) is 6.40. The van der Waals surface area contributed by atoms with E-state index in [1.807, 2.05) is 0 Å². The van der Waals surface area contributed by atoms with E-state index in [1.165, 1.54) is 43.2 Å². The van der Waals surface area contributed by atoms with Crippen LogP contribution in [0.3, 0.4) is 0 Å². The lowest BCUT2D eigenvalue weighted by Crippen LogP contribution is -2.39. The Morgan fingerprint density at radius 2 is 1.75 bits per heavy atom. The van der Waals surface area contributed by atoms with Gasteiger partial charge in [0.1, 0.15) is 0 Å². The van der Waals surface area contributed by atoms with E-state index in [1.54, 1.807) is 7.11 Å². The third kappa shape index (κ3) is 4.51. The van der Waals surface area contributed by atoms with Gasteiger partial charge in [0, 0.05) is 24.9 Å². The van der Waals surface area contributed by atoms with Gasteiger partial charge in [-0.25, -0.2) is 0 Å². The maximum Gasteiger partial charge on any atom is 0.0713 e. The zero-order valence-electron chi connectivity index (χ0n) is 12.8. The third-order valence-corrected chi connectivity index (χ3v) is 5.73. The van der Waals surface area contributed by atoms with Crippen LogP contribution in [0.25, 0.3) is 0 Å². The molecule has 1 aliphatic carbocycles. The molecular formula is C17H27NOS. The number of rotatable bonds is 7. The fourth-order valence-corrected chi connectivity index (χ4v) is 3.95.